The van der Waals surface area contributed by atoms with E-state index in [9.17, 15) is 0 Å². The first kappa shape index (κ1) is 11.6. The molecule has 1 saturated carbocycles. The van der Waals surface area contributed by atoms with Gasteiger partial charge in [-0.05, 0) is 43.5 Å². The maximum absolute atomic E-state index is 8.91. The molecule has 1 aliphatic rings. The summed E-state index contributed by atoms with van der Waals surface area (Å²) in [5.41, 5.74) is 1.30. The van der Waals surface area contributed by atoms with Crippen molar-refractivity contribution in [3.63, 3.8) is 0 Å². The number of hydrogen-bond donors (Lipinski definition) is 1. The number of halogens is 1. The molecule has 2 rings (SSSR count). The zero-order valence-corrected chi connectivity index (χ0v) is 10.8. The largest absolute Gasteiger partial charge is 0.315 e. The molecule has 0 atom stereocenters. The molecule has 0 radical (unpaired) electrons. The number of nitriles is 1. The molecule has 0 spiro atoms. The zero-order chi connectivity index (χ0) is 11.4. The third kappa shape index (κ3) is 3.07. The SMILES string of the molecule is N#CC1(CNCCc2ccc(Br)cc2)CC1. The lowest BCUT2D eigenvalue weighted by atomic mass is 10.1. The van der Waals surface area contributed by atoms with E-state index < -0.39 is 0 Å². The van der Waals surface area contributed by atoms with Gasteiger partial charge in [0.25, 0.3) is 0 Å². The molecule has 0 amide bonds. The van der Waals surface area contributed by atoms with Gasteiger partial charge >= 0.3 is 0 Å². The van der Waals surface area contributed by atoms with Crippen molar-refractivity contribution in [2.24, 2.45) is 5.41 Å². The lowest BCUT2D eigenvalue weighted by molar-refractivity contribution is 0.560. The van der Waals surface area contributed by atoms with Crippen molar-refractivity contribution in [1.82, 2.24) is 5.32 Å². The normalized spacial score (nSPS) is 16.8. The van der Waals surface area contributed by atoms with Crippen LogP contribution in [0.15, 0.2) is 28.7 Å². The molecule has 0 heterocycles. The fraction of sp³-hybridized carbons (Fsp3) is 0.462. The third-order valence-electron chi connectivity index (χ3n) is 3.06. The second-order valence-electron chi connectivity index (χ2n) is 4.45. The van der Waals surface area contributed by atoms with Gasteiger partial charge in [-0.2, -0.15) is 5.26 Å². The van der Waals surface area contributed by atoms with Crippen LogP contribution in [0.25, 0.3) is 0 Å². The minimum atomic E-state index is -0.0281. The summed E-state index contributed by atoms with van der Waals surface area (Å²) in [7, 11) is 0. The minimum Gasteiger partial charge on any atom is -0.315 e. The second-order valence-corrected chi connectivity index (χ2v) is 5.36. The van der Waals surface area contributed by atoms with Gasteiger partial charge in [0.1, 0.15) is 0 Å². The van der Waals surface area contributed by atoms with Crippen molar-refractivity contribution in [2.75, 3.05) is 13.1 Å². The van der Waals surface area contributed by atoms with Crippen molar-refractivity contribution < 1.29 is 0 Å². The van der Waals surface area contributed by atoms with Crippen LogP contribution >= 0.6 is 15.9 Å². The van der Waals surface area contributed by atoms with Crippen LogP contribution in [0.1, 0.15) is 18.4 Å². The highest BCUT2D eigenvalue weighted by Gasteiger charge is 2.42. The van der Waals surface area contributed by atoms with Crippen LogP contribution in [-0.4, -0.2) is 13.1 Å². The summed E-state index contributed by atoms with van der Waals surface area (Å²) in [5, 5.41) is 12.3. The van der Waals surface area contributed by atoms with Gasteiger partial charge in [0.05, 0.1) is 11.5 Å². The van der Waals surface area contributed by atoms with Gasteiger partial charge in [0.2, 0.25) is 0 Å². The highest BCUT2D eigenvalue weighted by Crippen LogP contribution is 2.43. The average molecular weight is 279 g/mol. The summed E-state index contributed by atoms with van der Waals surface area (Å²) in [6, 6.07) is 10.8. The molecular formula is C13H15BrN2. The quantitative estimate of drug-likeness (QED) is 0.841. The smallest absolute Gasteiger partial charge is 0.0703 e. The Balaban J connectivity index is 1.69. The first-order chi connectivity index (χ1) is 7.74. The molecule has 0 saturated heterocycles. The van der Waals surface area contributed by atoms with Crippen molar-refractivity contribution in [2.45, 2.75) is 19.3 Å². The Labute approximate surface area is 105 Å². The summed E-state index contributed by atoms with van der Waals surface area (Å²) in [6.45, 7) is 1.80. The first-order valence-corrected chi connectivity index (χ1v) is 6.40. The predicted octanol–water partition coefficient (Wildman–Crippen LogP) is 2.88. The summed E-state index contributed by atoms with van der Waals surface area (Å²) in [6.07, 6.45) is 3.15. The molecule has 0 bridgehead atoms. The highest BCUT2D eigenvalue weighted by atomic mass is 79.9. The highest BCUT2D eigenvalue weighted by molar-refractivity contribution is 9.10. The van der Waals surface area contributed by atoms with Crippen molar-refractivity contribution in [3.8, 4) is 6.07 Å². The Morgan fingerprint density at radius 2 is 2.00 bits per heavy atom. The average Bonchev–Trinajstić information content (AvgIpc) is 3.08. The number of nitrogens with zero attached hydrogens (tertiary/aromatic N) is 1. The maximum atomic E-state index is 8.91. The fourth-order valence-electron chi connectivity index (χ4n) is 1.69. The fourth-order valence-corrected chi connectivity index (χ4v) is 1.95. The van der Waals surface area contributed by atoms with Gasteiger partial charge < -0.3 is 5.32 Å². The van der Waals surface area contributed by atoms with Gasteiger partial charge in [-0.3, -0.25) is 0 Å². The van der Waals surface area contributed by atoms with Gasteiger partial charge in [-0.1, -0.05) is 28.1 Å². The van der Waals surface area contributed by atoms with E-state index in [-0.39, 0.29) is 5.41 Å². The summed E-state index contributed by atoms with van der Waals surface area (Å²) < 4.78 is 1.12. The van der Waals surface area contributed by atoms with Crippen LogP contribution in [0.4, 0.5) is 0 Å². The molecule has 16 heavy (non-hydrogen) atoms. The summed E-state index contributed by atoms with van der Waals surface area (Å²) >= 11 is 3.42. The molecule has 1 aromatic carbocycles. The van der Waals surface area contributed by atoms with E-state index in [4.69, 9.17) is 5.26 Å². The molecule has 1 aromatic rings. The molecule has 0 unspecified atom stereocenters. The Hall–Kier alpha value is -0.850. The van der Waals surface area contributed by atoms with Crippen LogP contribution in [0.2, 0.25) is 0 Å². The topological polar surface area (TPSA) is 35.8 Å². The molecule has 1 fully saturated rings. The van der Waals surface area contributed by atoms with E-state index >= 15 is 0 Å². The number of rotatable bonds is 5. The van der Waals surface area contributed by atoms with E-state index in [2.05, 4.69) is 51.6 Å². The molecule has 0 aliphatic heterocycles. The Kier molecular flexibility index (Phi) is 3.63. The zero-order valence-electron chi connectivity index (χ0n) is 9.17. The maximum Gasteiger partial charge on any atom is 0.0703 e. The van der Waals surface area contributed by atoms with E-state index in [1.807, 2.05) is 0 Å². The summed E-state index contributed by atoms with van der Waals surface area (Å²) in [4.78, 5) is 0. The Bertz CT molecular complexity index is 387. The van der Waals surface area contributed by atoms with Crippen molar-refractivity contribution in [1.29, 1.82) is 5.26 Å². The standard InChI is InChI=1S/C13H15BrN2/c14-12-3-1-11(2-4-12)5-8-16-10-13(9-15)6-7-13/h1-4,16H,5-8,10H2. The van der Waals surface area contributed by atoms with Crippen LogP contribution in [0.5, 0.6) is 0 Å². The van der Waals surface area contributed by atoms with E-state index in [1.165, 1.54) is 5.56 Å². The third-order valence-corrected chi connectivity index (χ3v) is 3.59. The summed E-state index contributed by atoms with van der Waals surface area (Å²) in [5.74, 6) is 0. The predicted molar refractivity (Wildman–Crippen MR) is 68.0 cm³/mol. The molecule has 1 aliphatic carbocycles. The van der Waals surface area contributed by atoms with E-state index in [0.29, 0.717) is 0 Å². The Morgan fingerprint density at radius 3 is 2.56 bits per heavy atom. The Morgan fingerprint density at radius 1 is 1.31 bits per heavy atom. The molecule has 0 aromatic heterocycles. The van der Waals surface area contributed by atoms with Gasteiger partial charge in [-0.25, -0.2) is 0 Å². The second kappa shape index (κ2) is 4.99. The lowest BCUT2D eigenvalue weighted by Gasteiger charge is -2.07. The van der Waals surface area contributed by atoms with Gasteiger partial charge in [-0.15, -0.1) is 0 Å². The van der Waals surface area contributed by atoms with Crippen LogP contribution < -0.4 is 5.32 Å². The molecule has 1 N–H and O–H groups in total. The number of benzene rings is 1. The minimum absolute atomic E-state index is 0.0281. The molecule has 3 heteroatoms. The van der Waals surface area contributed by atoms with Gasteiger partial charge in [0, 0.05) is 11.0 Å². The lowest BCUT2D eigenvalue weighted by Crippen LogP contribution is -2.25. The van der Waals surface area contributed by atoms with Crippen LogP contribution in [0, 0.1) is 16.7 Å². The van der Waals surface area contributed by atoms with E-state index in [1.54, 1.807) is 0 Å². The molecule has 84 valence electrons. The monoisotopic (exact) mass is 278 g/mol. The number of hydrogen-bond acceptors (Lipinski definition) is 2. The van der Waals surface area contributed by atoms with Crippen molar-refractivity contribution in [3.05, 3.63) is 34.3 Å². The van der Waals surface area contributed by atoms with Crippen LogP contribution in [0.3, 0.4) is 0 Å². The number of nitrogens with one attached hydrogen (secondary N) is 1. The van der Waals surface area contributed by atoms with E-state index in [0.717, 1.165) is 36.8 Å². The van der Waals surface area contributed by atoms with Crippen molar-refractivity contribution >= 4 is 15.9 Å². The first-order valence-electron chi connectivity index (χ1n) is 5.61. The van der Waals surface area contributed by atoms with Crippen LogP contribution in [-0.2, 0) is 6.42 Å². The molecular weight excluding hydrogens is 264 g/mol. The molecule has 2 nitrogen and oxygen atoms in total. The van der Waals surface area contributed by atoms with Gasteiger partial charge in [0.15, 0.2) is 0 Å².